The van der Waals surface area contributed by atoms with Gasteiger partial charge in [0.15, 0.2) is 4.80 Å². The SMILES string of the molecule is CCOC(=O)C1=C(c2ccccc2)N=c2sc(=Cc3ccc(-c4ccc(C(=O)O)cc4)o3)c(=O)n2C1c1cc(C(C)C)c(OC)cc1C. The van der Waals surface area contributed by atoms with Crippen LogP contribution in [0.2, 0.25) is 0 Å². The van der Waals surface area contributed by atoms with E-state index in [9.17, 15) is 19.5 Å². The number of hydrogen-bond acceptors (Lipinski definition) is 8. The number of rotatable bonds is 9. The molecule has 0 radical (unpaired) electrons. The minimum atomic E-state index is -1.01. The minimum Gasteiger partial charge on any atom is -0.496 e. The number of furan rings is 1. The highest BCUT2D eigenvalue weighted by Crippen LogP contribution is 2.40. The van der Waals surface area contributed by atoms with Crippen molar-refractivity contribution in [2.45, 2.75) is 39.7 Å². The molecule has 1 atom stereocenters. The maximum absolute atomic E-state index is 14.4. The monoisotopic (exact) mass is 662 g/mol. The van der Waals surface area contributed by atoms with Crippen LogP contribution in [0.1, 0.15) is 71.1 Å². The highest BCUT2D eigenvalue weighted by Gasteiger charge is 2.36. The molecule has 48 heavy (non-hydrogen) atoms. The molecule has 0 aliphatic carbocycles. The van der Waals surface area contributed by atoms with Gasteiger partial charge >= 0.3 is 11.9 Å². The summed E-state index contributed by atoms with van der Waals surface area (Å²) < 4.78 is 19.3. The van der Waals surface area contributed by atoms with Gasteiger partial charge in [0.2, 0.25) is 0 Å². The van der Waals surface area contributed by atoms with Crippen LogP contribution in [0.25, 0.3) is 23.1 Å². The Labute approximate surface area is 280 Å². The van der Waals surface area contributed by atoms with Crippen molar-refractivity contribution in [3.63, 3.8) is 0 Å². The van der Waals surface area contributed by atoms with Gasteiger partial charge in [0.05, 0.1) is 41.1 Å². The Bertz CT molecular complexity index is 2240. The molecule has 1 aliphatic heterocycles. The Morgan fingerprint density at radius 1 is 1.04 bits per heavy atom. The summed E-state index contributed by atoms with van der Waals surface area (Å²) in [6, 6.07) is 22.4. The van der Waals surface area contributed by atoms with Gasteiger partial charge < -0.3 is 19.0 Å². The Kier molecular flexibility index (Phi) is 9.01. The van der Waals surface area contributed by atoms with E-state index in [1.807, 2.05) is 49.4 Å². The van der Waals surface area contributed by atoms with Crippen LogP contribution in [0.3, 0.4) is 0 Å². The number of fused-ring (bicyclic) bond motifs is 1. The maximum atomic E-state index is 14.4. The van der Waals surface area contributed by atoms with Gasteiger partial charge in [-0.25, -0.2) is 14.6 Å². The Hall–Kier alpha value is -5.48. The van der Waals surface area contributed by atoms with E-state index in [0.717, 1.165) is 28.0 Å². The smallest absolute Gasteiger partial charge is 0.338 e. The second kappa shape index (κ2) is 13.3. The van der Waals surface area contributed by atoms with E-state index in [4.69, 9.17) is 18.9 Å². The van der Waals surface area contributed by atoms with Crippen LogP contribution in [0.4, 0.5) is 0 Å². The molecule has 0 fully saturated rings. The third-order valence-corrected chi connectivity index (χ3v) is 9.21. The summed E-state index contributed by atoms with van der Waals surface area (Å²) in [5.41, 5.74) is 4.54. The number of esters is 1. The van der Waals surface area contributed by atoms with Gasteiger partial charge in [-0.1, -0.05) is 67.6 Å². The van der Waals surface area contributed by atoms with E-state index in [1.54, 1.807) is 48.9 Å². The second-order valence-electron chi connectivity index (χ2n) is 11.6. The van der Waals surface area contributed by atoms with Gasteiger partial charge in [0.25, 0.3) is 5.56 Å². The lowest BCUT2D eigenvalue weighted by Gasteiger charge is -2.28. The molecule has 0 saturated heterocycles. The fraction of sp³-hybridized carbons (Fsp3) is 0.211. The van der Waals surface area contributed by atoms with Crippen molar-refractivity contribution < 1.29 is 28.6 Å². The first-order valence-corrected chi connectivity index (χ1v) is 16.3. The van der Waals surface area contributed by atoms with Crippen molar-refractivity contribution in [3.05, 3.63) is 138 Å². The third kappa shape index (κ3) is 6.02. The largest absolute Gasteiger partial charge is 0.496 e. The minimum absolute atomic E-state index is 0.104. The van der Waals surface area contributed by atoms with Gasteiger partial charge in [-0.2, -0.15) is 0 Å². The van der Waals surface area contributed by atoms with E-state index in [0.29, 0.717) is 32.1 Å². The van der Waals surface area contributed by atoms with Gasteiger partial charge in [0.1, 0.15) is 17.3 Å². The first kappa shape index (κ1) is 32.5. The van der Waals surface area contributed by atoms with E-state index in [1.165, 1.54) is 23.5 Å². The average molecular weight is 663 g/mol. The number of aromatic nitrogens is 1. The standard InChI is InChI=1S/C38H34N2O7S/c1-6-46-37(44)32-33(24-10-8-7-9-11-24)39-38-40(34(32)28-20-27(21(2)3)30(45-5)18-22(28)4)35(41)31(48-38)19-26-16-17-29(47-26)23-12-14-25(15-13-23)36(42)43/h7-21,34H,6H2,1-5H3,(H,42,43). The number of thiazole rings is 1. The van der Waals surface area contributed by atoms with E-state index in [-0.39, 0.29) is 29.2 Å². The molecule has 3 heterocycles. The molecule has 10 heteroatoms. The molecule has 0 saturated carbocycles. The van der Waals surface area contributed by atoms with Gasteiger partial charge in [-0.3, -0.25) is 9.36 Å². The first-order chi connectivity index (χ1) is 23.1. The van der Waals surface area contributed by atoms with Crippen LogP contribution < -0.4 is 19.6 Å². The zero-order valence-corrected chi connectivity index (χ0v) is 28.0. The lowest BCUT2D eigenvalue weighted by molar-refractivity contribution is -0.138. The molecule has 0 spiro atoms. The molecule has 1 N–H and O–H groups in total. The number of carboxylic acid groups (broad SMARTS) is 1. The molecule has 2 aromatic heterocycles. The van der Waals surface area contributed by atoms with E-state index < -0.39 is 18.0 Å². The number of ether oxygens (including phenoxy) is 2. The molecule has 3 aromatic carbocycles. The van der Waals surface area contributed by atoms with Crippen LogP contribution in [-0.2, 0) is 9.53 Å². The predicted molar refractivity (Wildman–Crippen MR) is 184 cm³/mol. The number of carboxylic acids is 1. The van der Waals surface area contributed by atoms with E-state index in [2.05, 4.69) is 13.8 Å². The molecule has 244 valence electrons. The van der Waals surface area contributed by atoms with Crippen molar-refractivity contribution in [1.82, 2.24) is 4.57 Å². The number of methoxy groups -OCH3 is 1. The summed E-state index contributed by atoms with van der Waals surface area (Å²) in [5, 5.41) is 9.23. The fourth-order valence-corrected chi connectivity index (χ4v) is 6.85. The summed E-state index contributed by atoms with van der Waals surface area (Å²) in [6.45, 7) is 7.98. The van der Waals surface area contributed by atoms with E-state index >= 15 is 0 Å². The highest BCUT2D eigenvalue weighted by atomic mass is 32.1. The van der Waals surface area contributed by atoms with Crippen molar-refractivity contribution >= 4 is 35.0 Å². The summed E-state index contributed by atoms with van der Waals surface area (Å²) in [6.07, 6.45) is 1.66. The van der Waals surface area contributed by atoms with Crippen LogP contribution in [0.15, 0.2) is 98.6 Å². The molecule has 6 rings (SSSR count). The van der Waals surface area contributed by atoms with Gasteiger partial charge in [-0.05, 0) is 72.9 Å². The zero-order valence-electron chi connectivity index (χ0n) is 27.1. The lowest BCUT2D eigenvalue weighted by atomic mass is 9.87. The summed E-state index contributed by atoms with van der Waals surface area (Å²) in [5.74, 6) is 0.231. The number of nitrogens with zero attached hydrogens (tertiary/aromatic N) is 2. The number of aromatic carboxylic acids is 1. The Morgan fingerprint density at radius 2 is 1.77 bits per heavy atom. The predicted octanol–water partition coefficient (Wildman–Crippen LogP) is 6.33. The van der Waals surface area contributed by atoms with Crippen molar-refractivity contribution in [3.8, 4) is 17.1 Å². The van der Waals surface area contributed by atoms with Crippen molar-refractivity contribution in [2.24, 2.45) is 4.99 Å². The number of carbonyl (C=O) groups excluding carboxylic acids is 1. The van der Waals surface area contributed by atoms with Gasteiger partial charge in [-0.15, -0.1) is 0 Å². The van der Waals surface area contributed by atoms with Crippen LogP contribution in [0.5, 0.6) is 5.75 Å². The second-order valence-corrected chi connectivity index (χ2v) is 12.6. The normalized spacial score (nSPS) is 14.5. The zero-order chi connectivity index (χ0) is 34.1. The molecule has 5 aromatic rings. The fourth-order valence-electron chi connectivity index (χ4n) is 5.86. The van der Waals surface area contributed by atoms with Crippen molar-refractivity contribution in [1.29, 1.82) is 0 Å². The quantitative estimate of drug-likeness (QED) is 0.183. The summed E-state index contributed by atoms with van der Waals surface area (Å²) in [4.78, 5) is 44.9. The van der Waals surface area contributed by atoms with Crippen LogP contribution >= 0.6 is 11.3 Å². The third-order valence-electron chi connectivity index (χ3n) is 8.23. The summed E-state index contributed by atoms with van der Waals surface area (Å²) >= 11 is 1.21. The topological polar surface area (TPSA) is 120 Å². The summed E-state index contributed by atoms with van der Waals surface area (Å²) in [7, 11) is 1.63. The lowest BCUT2D eigenvalue weighted by Crippen LogP contribution is -2.40. The molecule has 1 unspecified atom stereocenters. The first-order valence-electron chi connectivity index (χ1n) is 15.5. The number of hydrogen-bond donors (Lipinski definition) is 1. The van der Waals surface area contributed by atoms with Crippen LogP contribution in [-0.4, -0.2) is 35.3 Å². The van der Waals surface area contributed by atoms with Crippen molar-refractivity contribution in [2.75, 3.05) is 13.7 Å². The molecule has 9 nitrogen and oxygen atoms in total. The number of benzene rings is 3. The Balaban J connectivity index is 1.58. The average Bonchev–Trinajstić information content (AvgIpc) is 3.68. The molecular weight excluding hydrogens is 628 g/mol. The number of aryl methyl sites for hydroxylation is 1. The molecular formula is C38H34N2O7S. The van der Waals surface area contributed by atoms with Crippen LogP contribution in [0, 0.1) is 6.92 Å². The molecule has 0 amide bonds. The highest BCUT2D eigenvalue weighted by molar-refractivity contribution is 7.07. The Morgan fingerprint density at radius 3 is 2.42 bits per heavy atom. The maximum Gasteiger partial charge on any atom is 0.338 e. The molecule has 0 bridgehead atoms. The number of carbonyl (C=O) groups is 2. The molecule has 1 aliphatic rings. The van der Waals surface area contributed by atoms with Gasteiger partial charge in [0, 0.05) is 17.2 Å².